The molecule has 1 nitrogen and oxygen atoms in total. The fraction of sp³-hybridized carbons (Fsp3) is 0.286. The molecule has 1 rings (SSSR count). The lowest BCUT2D eigenvalue weighted by Crippen LogP contribution is -1.90. The molecule has 0 aromatic heterocycles. The fourth-order valence-electron chi connectivity index (χ4n) is 1.40. The van der Waals surface area contributed by atoms with Crippen LogP contribution in [0.2, 0.25) is 0 Å². The van der Waals surface area contributed by atoms with Gasteiger partial charge >= 0.3 is 0 Å². The van der Waals surface area contributed by atoms with Crippen molar-refractivity contribution in [1.29, 1.82) is 0 Å². The molecular weight excluding hydrogens is 184 g/mol. The van der Waals surface area contributed by atoms with Crippen LogP contribution in [0.25, 0.3) is 6.08 Å². The first-order chi connectivity index (χ1) is 7.26. The number of hydrogen-bond acceptors (Lipinski definition) is 1. The van der Waals surface area contributed by atoms with E-state index in [1.54, 1.807) is 0 Å². The topological polar surface area (TPSA) is 9.23 Å². The molecular formula is C14H18O. The number of hydrogen-bond donors (Lipinski definition) is 0. The summed E-state index contributed by atoms with van der Waals surface area (Å²) in [6.45, 7) is 6.82. The third-order valence-corrected chi connectivity index (χ3v) is 2.01. The molecule has 0 bridgehead atoms. The maximum atomic E-state index is 5.38. The van der Waals surface area contributed by atoms with Gasteiger partial charge in [-0.2, -0.15) is 0 Å². The van der Waals surface area contributed by atoms with Gasteiger partial charge in [-0.25, -0.2) is 0 Å². The maximum Gasteiger partial charge on any atom is 0.119 e. The summed E-state index contributed by atoms with van der Waals surface area (Å²) >= 11 is 0. The molecule has 0 saturated carbocycles. The van der Waals surface area contributed by atoms with Gasteiger partial charge in [0.1, 0.15) is 5.75 Å². The minimum Gasteiger partial charge on any atom is -0.494 e. The first-order valence-corrected chi connectivity index (χ1v) is 5.30. The van der Waals surface area contributed by atoms with Crippen molar-refractivity contribution in [3.05, 3.63) is 47.6 Å². The van der Waals surface area contributed by atoms with Crippen LogP contribution in [0.15, 0.2) is 42.0 Å². The van der Waals surface area contributed by atoms with Gasteiger partial charge in [0.25, 0.3) is 0 Å². The Morgan fingerprint density at radius 1 is 1.27 bits per heavy atom. The third kappa shape index (κ3) is 4.03. The molecule has 0 aliphatic carbocycles. The highest BCUT2D eigenvalue weighted by Gasteiger charge is 1.92. The molecule has 0 spiro atoms. The molecule has 1 heteroatoms. The van der Waals surface area contributed by atoms with Gasteiger partial charge in [0.2, 0.25) is 0 Å². The molecule has 80 valence electrons. The molecule has 1 aromatic carbocycles. The van der Waals surface area contributed by atoms with Crippen LogP contribution in [0.4, 0.5) is 0 Å². The Morgan fingerprint density at radius 3 is 2.47 bits per heavy atom. The van der Waals surface area contributed by atoms with Crippen molar-refractivity contribution in [2.45, 2.75) is 20.8 Å². The quantitative estimate of drug-likeness (QED) is 0.669. The first kappa shape index (κ1) is 11.6. The van der Waals surface area contributed by atoms with Crippen LogP contribution in [0.3, 0.4) is 0 Å². The maximum absolute atomic E-state index is 5.38. The summed E-state index contributed by atoms with van der Waals surface area (Å²) in [5.74, 6) is 0.929. The Balaban J connectivity index is 2.76. The van der Waals surface area contributed by atoms with E-state index in [0.717, 1.165) is 5.75 Å². The largest absolute Gasteiger partial charge is 0.494 e. The predicted octanol–water partition coefficient (Wildman–Crippen LogP) is 4.06. The number of rotatable bonds is 4. The average molecular weight is 202 g/mol. The standard InChI is InChI=1S/C14H18O/c1-4-6-12(3)11-13-7-9-14(10-8-13)15-5-2/h4,6-11H,5H2,1-3H3/b6-4+,12-11+. The van der Waals surface area contributed by atoms with E-state index in [-0.39, 0.29) is 0 Å². The van der Waals surface area contributed by atoms with Crippen LogP contribution in [0.5, 0.6) is 5.75 Å². The molecule has 15 heavy (non-hydrogen) atoms. The van der Waals surface area contributed by atoms with Crippen molar-refractivity contribution in [1.82, 2.24) is 0 Å². The van der Waals surface area contributed by atoms with Gasteiger partial charge in [0.15, 0.2) is 0 Å². The lowest BCUT2D eigenvalue weighted by molar-refractivity contribution is 0.340. The van der Waals surface area contributed by atoms with E-state index >= 15 is 0 Å². The minimum atomic E-state index is 0.715. The second-order valence-corrected chi connectivity index (χ2v) is 3.39. The van der Waals surface area contributed by atoms with E-state index in [1.807, 2.05) is 32.1 Å². The molecule has 1 aromatic rings. The van der Waals surface area contributed by atoms with E-state index in [9.17, 15) is 0 Å². The SMILES string of the molecule is C/C=C/C(C)=C/c1ccc(OCC)cc1. The molecule has 0 saturated heterocycles. The summed E-state index contributed by atoms with van der Waals surface area (Å²) in [4.78, 5) is 0. The van der Waals surface area contributed by atoms with Crippen molar-refractivity contribution in [2.24, 2.45) is 0 Å². The molecule has 0 atom stereocenters. The van der Waals surface area contributed by atoms with Gasteiger partial charge in [-0.1, -0.05) is 35.9 Å². The van der Waals surface area contributed by atoms with Gasteiger partial charge < -0.3 is 4.74 Å². The van der Waals surface area contributed by atoms with Crippen LogP contribution in [0.1, 0.15) is 26.3 Å². The predicted molar refractivity (Wildman–Crippen MR) is 66.1 cm³/mol. The van der Waals surface area contributed by atoms with Gasteiger partial charge in [0, 0.05) is 0 Å². The first-order valence-electron chi connectivity index (χ1n) is 5.30. The summed E-state index contributed by atoms with van der Waals surface area (Å²) in [6, 6.07) is 8.13. The zero-order chi connectivity index (χ0) is 11.1. The minimum absolute atomic E-state index is 0.715. The van der Waals surface area contributed by atoms with Crippen LogP contribution in [-0.4, -0.2) is 6.61 Å². The highest BCUT2D eigenvalue weighted by molar-refractivity contribution is 5.55. The van der Waals surface area contributed by atoms with Gasteiger partial charge in [-0.15, -0.1) is 0 Å². The van der Waals surface area contributed by atoms with Crippen molar-refractivity contribution in [2.75, 3.05) is 6.61 Å². The molecule has 0 aliphatic rings. The Labute approximate surface area is 92.1 Å². The van der Waals surface area contributed by atoms with Crippen LogP contribution < -0.4 is 4.74 Å². The molecule has 0 radical (unpaired) electrons. The zero-order valence-corrected chi connectivity index (χ0v) is 9.66. The highest BCUT2D eigenvalue weighted by Crippen LogP contribution is 2.14. The Bertz CT molecular complexity index is 344. The zero-order valence-electron chi connectivity index (χ0n) is 9.66. The van der Waals surface area contributed by atoms with E-state index in [2.05, 4.69) is 31.2 Å². The summed E-state index contributed by atoms with van der Waals surface area (Å²) in [5, 5.41) is 0. The third-order valence-electron chi connectivity index (χ3n) is 2.01. The highest BCUT2D eigenvalue weighted by atomic mass is 16.5. The monoisotopic (exact) mass is 202 g/mol. The number of allylic oxidation sites excluding steroid dienone is 3. The lowest BCUT2D eigenvalue weighted by Gasteiger charge is -2.02. The molecule has 0 aliphatic heterocycles. The van der Waals surface area contributed by atoms with Gasteiger partial charge in [-0.3, -0.25) is 0 Å². The summed E-state index contributed by atoms with van der Waals surface area (Å²) < 4.78 is 5.38. The Morgan fingerprint density at radius 2 is 1.93 bits per heavy atom. The molecule has 0 amide bonds. The van der Waals surface area contributed by atoms with E-state index < -0.39 is 0 Å². The summed E-state index contributed by atoms with van der Waals surface area (Å²) in [7, 11) is 0. The Hall–Kier alpha value is -1.50. The van der Waals surface area contributed by atoms with Crippen molar-refractivity contribution < 1.29 is 4.74 Å². The van der Waals surface area contributed by atoms with Crippen molar-refractivity contribution in [3.63, 3.8) is 0 Å². The number of ether oxygens (including phenoxy) is 1. The van der Waals surface area contributed by atoms with Crippen molar-refractivity contribution >= 4 is 6.08 Å². The molecule has 0 N–H and O–H groups in total. The lowest BCUT2D eigenvalue weighted by atomic mass is 10.1. The second-order valence-electron chi connectivity index (χ2n) is 3.39. The molecule has 0 fully saturated rings. The van der Waals surface area contributed by atoms with Crippen LogP contribution in [-0.2, 0) is 0 Å². The van der Waals surface area contributed by atoms with E-state index in [0.29, 0.717) is 6.61 Å². The van der Waals surface area contributed by atoms with Gasteiger partial charge in [0.05, 0.1) is 6.61 Å². The van der Waals surface area contributed by atoms with Gasteiger partial charge in [-0.05, 0) is 38.5 Å². The second kappa shape index (κ2) is 6.07. The van der Waals surface area contributed by atoms with Crippen molar-refractivity contribution in [3.8, 4) is 5.75 Å². The smallest absolute Gasteiger partial charge is 0.119 e. The molecule has 0 unspecified atom stereocenters. The number of benzene rings is 1. The van der Waals surface area contributed by atoms with Crippen LogP contribution in [0, 0.1) is 0 Å². The summed E-state index contributed by atoms with van der Waals surface area (Å²) in [5.41, 5.74) is 2.45. The van der Waals surface area contributed by atoms with Crippen LogP contribution >= 0.6 is 0 Å². The fourth-order valence-corrected chi connectivity index (χ4v) is 1.40. The molecule has 0 heterocycles. The summed E-state index contributed by atoms with van der Waals surface area (Å²) in [6.07, 6.45) is 6.28. The Kier molecular flexibility index (Phi) is 4.69. The van der Waals surface area contributed by atoms with E-state index in [1.165, 1.54) is 11.1 Å². The average Bonchev–Trinajstić information content (AvgIpc) is 2.22. The normalized spacial score (nSPS) is 12.1. The van der Waals surface area contributed by atoms with E-state index in [4.69, 9.17) is 4.74 Å².